The van der Waals surface area contributed by atoms with E-state index in [0.29, 0.717) is 6.07 Å². The molecule has 2 N–H and O–H groups in total. The molecule has 2 aromatic carbocycles. The highest BCUT2D eigenvalue weighted by Crippen LogP contribution is 2.42. The zero-order chi connectivity index (χ0) is 24.0. The monoisotopic (exact) mass is 484 g/mol. The minimum Gasteiger partial charge on any atom is -0.406 e. The first-order valence-corrected chi connectivity index (χ1v) is 9.90. The highest BCUT2D eigenvalue weighted by atomic mass is 32.2. The number of aryl methyl sites for hydroxylation is 1. The average Bonchev–Trinajstić information content (AvgIpc) is 3.06. The van der Waals surface area contributed by atoms with Crippen LogP contribution in [0.4, 0.5) is 30.7 Å². The van der Waals surface area contributed by atoms with Crippen LogP contribution in [0, 0.1) is 18.6 Å². The lowest BCUT2D eigenvalue weighted by Crippen LogP contribution is -2.17. The quantitative estimate of drug-likeness (QED) is 0.510. The lowest BCUT2D eigenvalue weighted by Gasteiger charge is -2.12. The summed E-state index contributed by atoms with van der Waals surface area (Å²) in [7, 11) is -4.66. The minimum atomic E-state index is -4.98. The van der Waals surface area contributed by atoms with Crippen LogP contribution in [0.15, 0.2) is 39.8 Å². The minimum absolute atomic E-state index is 0.0455. The first-order chi connectivity index (χ1) is 14.7. The van der Waals surface area contributed by atoms with Gasteiger partial charge in [-0.2, -0.15) is 0 Å². The van der Waals surface area contributed by atoms with Gasteiger partial charge in [-0.1, -0.05) is 5.16 Å². The van der Waals surface area contributed by atoms with Crippen molar-refractivity contribution in [3.8, 4) is 28.1 Å². The number of hydrogen-bond donors (Lipinski definition) is 1. The average molecular weight is 484 g/mol. The second kappa shape index (κ2) is 8.09. The molecule has 0 saturated heterocycles. The van der Waals surface area contributed by atoms with E-state index in [1.54, 1.807) is 0 Å². The van der Waals surface area contributed by atoms with Gasteiger partial charge in [0, 0.05) is 11.1 Å². The third-order valence-electron chi connectivity index (χ3n) is 4.20. The van der Waals surface area contributed by atoms with Gasteiger partial charge in [0.05, 0.1) is 5.56 Å². The van der Waals surface area contributed by atoms with Crippen molar-refractivity contribution >= 4 is 10.0 Å². The van der Waals surface area contributed by atoms with Gasteiger partial charge < -0.3 is 9.26 Å². The molecule has 1 heterocycles. The molecule has 6 nitrogen and oxygen atoms in total. The maximum Gasteiger partial charge on any atom is 0.573 e. The lowest BCUT2D eigenvalue weighted by molar-refractivity contribution is -0.274. The van der Waals surface area contributed by atoms with E-state index in [1.807, 2.05) is 0 Å². The molecule has 0 unspecified atom stereocenters. The van der Waals surface area contributed by atoms with Crippen LogP contribution in [0.3, 0.4) is 0 Å². The van der Waals surface area contributed by atoms with Crippen LogP contribution in [0.25, 0.3) is 22.4 Å². The van der Waals surface area contributed by atoms with E-state index in [9.17, 15) is 39.2 Å². The number of alkyl halides is 5. The fraction of sp³-hybridized carbons (Fsp3) is 0.167. The zero-order valence-corrected chi connectivity index (χ0v) is 16.5. The Hall–Kier alpha value is -3.13. The predicted molar refractivity (Wildman–Crippen MR) is 95.0 cm³/mol. The Balaban J connectivity index is 2.22. The number of hydrogen-bond acceptors (Lipinski definition) is 5. The Bertz CT molecular complexity index is 1290. The van der Waals surface area contributed by atoms with E-state index in [4.69, 9.17) is 5.14 Å². The molecule has 0 aliphatic rings. The van der Waals surface area contributed by atoms with Gasteiger partial charge >= 0.3 is 6.36 Å². The summed E-state index contributed by atoms with van der Waals surface area (Å²) in [5.41, 5.74) is -2.00. The topological polar surface area (TPSA) is 95.4 Å². The Morgan fingerprint density at radius 2 is 1.72 bits per heavy atom. The number of sulfonamides is 1. The Labute approximate surface area is 175 Å². The summed E-state index contributed by atoms with van der Waals surface area (Å²) < 4.78 is 124. The largest absolute Gasteiger partial charge is 0.573 e. The van der Waals surface area contributed by atoms with Gasteiger partial charge in [-0.15, -0.1) is 13.2 Å². The molecule has 0 bridgehead atoms. The first kappa shape index (κ1) is 23.5. The van der Waals surface area contributed by atoms with Gasteiger partial charge in [-0.25, -0.2) is 31.1 Å². The van der Waals surface area contributed by atoms with Crippen LogP contribution in [0.2, 0.25) is 0 Å². The van der Waals surface area contributed by atoms with Crippen LogP contribution in [0.1, 0.15) is 17.7 Å². The van der Waals surface area contributed by atoms with Gasteiger partial charge in [0.2, 0.25) is 15.8 Å². The summed E-state index contributed by atoms with van der Waals surface area (Å²) in [4.78, 5) is -1.21. The summed E-state index contributed by atoms with van der Waals surface area (Å²) in [6.07, 6.45) is -8.33. The molecule has 0 spiro atoms. The van der Waals surface area contributed by atoms with Crippen LogP contribution >= 0.6 is 0 Å². The second-order valence-corrected chi connectivity index (χ2v) is 7.93. The Morgan fingerprint density at radius 1 is 1.06 bits per heavy atom. The molecule has 0 aliphatic carbocycles. The molecule has 3 rings (SSSR count). The molecule has 0 amide bonds. The smallest absolute Gasteiger partial charge is 0.406 e. The summed E-state index contributed by atoms with van der Waals surface area (Å²) in [5.74, 6) is -4.75. The van der Waals surface area contributed by atoms with Gasteiger partial charge in [-0.05, 0) is 42.8 Å². The number of ether oxygens (including phenoxy) is 1. The highest BCUT2D eigenvalue weighted by Gasteiger charge is 2.32. The van der Waals surface area contributed by atoms with Gasteiger partial charge in [-0.3, -0.25) is 0 Å². The van der Waals surface area contributed by atoms with E-state index in [-0.39, 0.29) is 17.2 Å². The molecule has 0 aliphatic heterocycles. The van der Waals surface area contributed by atoms with Crippen LogP contribution in [0.5, 0.6) is 5.75 Å². The summed E-state index contributed by atoms with van der Waals surface area (Å²) in [6, 6.07) is 3.34. The maximum atomic E-state index is 14.7. The van der Waals surface area contributed by atoms with Crippen LogP contribution in [-0.2, 0) is 10.0 Å². The molecule has 0 atom stereocenters. The molecular formula is C18H11F7N2O4S. The number of nitrogens with zero attached hydrogens (tertiary/aromatic N) is 1. The number of primary sulfonamides is 1. The molecule has 0 saturated carbocycles. The van der Waals surface area contributed by atoms with E-state index in [1.165, 1.54) is 6.92 Å². The number of rotatable bonds is 5. The van der Waals surface area contributed by atoms with Crippen LogP contribution in [-0.4, -0.2) is 19.9 Å². The highest BCUT2D eigenvalue weighted by molar-refractivity contribution is 7.89. The summed E-state index contributed by atoms with van der Waals surface area (Å²) >= 11 is 0. The second-order valence-electron chi connectivity index (χ2n) is 6.40. The molecule has 32 heavy (non-hydrogen) atoms. The number of nitrogens with two attached hydrogens (primary N) is 1. The van der Waals surface area contributed by atoms with Gasteiger partial charge in [0.15, 0.2) is 0 Å². The fourth-order valence-corrected chi connectivity index (χ4v) is 3.53. The van der Waals surface area contributed by atoms with Crippen molar-refractivity contribution in [2.24, 2.45) is 5.14 Å². The van der Waals surface area contributed by atoms with Crippen molar-refractivity contribution in [3.63, 3.8) is 0 Å². The summed E-state index contributed by atoms with van der Waals surface area (Å²) in [6.45, 7) is 1.29. The molecule has 0 fully saturated rings. The van der Waals surface area contributed by atoms with E-state index >= 15 is 0 Å². The van der Waals surface area contributed by atoms with Crippen molar-refractivity contribution in [2.75, 3.05) is 0 Å². The van der Waals surface area contributed by atoms with Crippen molar-refractivity contribution < 1.29 is 48.4 Å². The van der Waals surface area contributed by atoms with Crippen molar-refractivity contribution in [1.29, 1.82) is 0 Å². The molecule has 3 aromatic rings. The number of aromatic nitrogens is 1. The number of benzene rings is 2. The van der Waals surface area contributed by atoms with Crippen molar-refractivity contribution in [2.45, 2.75) is 24.6 Å². The first-order valence-electron chi connectivity index (χ1n) is 8.35. The Morgan fingerprint density at radius 3 is 2.25 bits per heavy atom. The van der Waals surface area contributed by atoms with Crippen molar-refractivity contribution in [3.05, 3.63) is 53.3 Å². The standard InChI is InChI=1S/C18H11F7N2O4S/c1-7-4-8(30-18(23,24)25)2-3-9(7)15-14(16(17(21)22)31-27-15)10-5-12(20)13(6-11(10)19)32(26,28)29/h2-6,17H,1H3,(H2,26,28,29). The lowest BCUT2D eigenvalue weighted by atomic mass is 9.96. The van der Waals surface area contributed by atoms with Crippen molar-refractivity contribution in [1.82, 2.24) is 5.16 Å². The molecule has 1 aromatic heterocycles. The molecule has 172 valence electrons. The Kier molecular flexibility index (Phi) is 5.95. The number of halogens is 7. The van der Waals surface area contributed by atoms with Gasteiger partial charge in [0.25, 0.3) is 6.43 Å². The predicted octanol–water partition coefficient (Wildman–Crippen LogP) is 5.08. The SMILES string of the molecule is Cc1cc(OC(F)(F)F)ccc1-c1noc(C(F)F)c1-c1cc(F)c(S(N)(=O)=O)cc1F. The van der Waals surface area contributed by atoms with Gasteiger partial charge in [0.1, 0.15) is 28.0 Å². The van der Waals surface area contributed by atoms with Crippen LogP contribution < -0.4 is 9.88 Å². The van der Waals surface area contributed by atoms with E-state index in [0.717, 1.165) is 18.2 Å². The summed E-state index contributed by atoms with van der Waals surface area (Å²) in [5, 5.41) is 8.24. The maximum absolute atomic E-state index is 14.7. The molecular weight excluding hydrogens is 473 g/mol. The van der Waals surface area contributed by atoms with E-state index < -0.39 is 67.7 Å². The third-order valence-corrected chi connectivity index (χ3v) is 5.13. The fourth-order valence-electron chi connectivity index (χ4n) is 2.93. The molecule has 0 radical (unpaired) electrons. The molecule has 14 heteroatoms. The van der Waals surface area contributed by atoms with E-state index in [2.05, 4.69) is 14.4 Å². The third kappa shape index (κ3) is 4.70. The zero-order valence-electron chi connectivity index (χ0n) is 15.7. The normalized spacial score (nSPS) is 12.4.